The highest BCUT2D eigenvalue weighted by atomic mass is 28.4. The second-order valence-electron chi connectivity index (χ2n) is 12.9. The molecule has 0 saturated carbocycles. The largest absolute Gasteiger partial charge is 0.497 e. The van der Waals surface area contributed by atoms with Crippen LogP contribution >= 0.6 is 0 Å². The van der Waals surface area contributed by atoms with E-state index in [0.717, 1.165) is 27.9 Å². The van der Waals surface area contributed by atoms with Gasteiger partial charge in [0, 0.05) is 54.6 Å². The summed E-state index contributed by atoms with van der Waals surface area (Å²) in [5, 5.41) is 3.81. The van der Waals surface area contributed by atoms with Crippen LogP contribution in [0.1, 0.15) is 51.4 Å². The molecule has 2 N–H and O–H groups in total. The van der Waals surface area contributed by atoms with Crippen molar-refractivity contribution < 1.29 is 23.1 Å². The molecule has 1 fully saturated rings. The van der Waals surface area contributed by atoms with Crippen LogP contribution in [0.15, 0.2) is 42.5 Å². The first-order chi connectivity index (χ1) is 19.3. The van der Waals surface area contributed by atoms with Crippen molar-refractivity contribution in [2.45, 2.75) is 63.7 Å². The van der Waals surface area contributed by atoms with Gasteiger partial charge < -0.3 is 29.3 Å². The van der Waals surface area contributed by atoms with Crippen molar-refractivity contribution in [3.63, 3.8) is 0 Å². The standard InChI is InChI=1S/C31H41FN4O4Si/c1-20(37)36-19-31(14-15-35(18-31)29(38)34-24-11-9-8-10-23(24)32)27-22-13-12-21(39-5)16-25(22)33-28(27)26(36)17-40-41(6,7)30(2,3)4/h8-13,16,26,33H,14-15,17-19H2,1-7H3,(H,34,38)/t26-,31+/m0/s1. The quantitative estimate of drug-likeness (QED) is 0.341. The van der Waals surface area contributed by atoms with E-state index in [9.17, 15) is 14.0 Å². The van der Waals surface area contributed by atoms with E-state index in [0.29, 0.717) is 32.7 Å². The van der Waals surface area contributed by atoms with Crippen LogP contribution < -0.4 is 10.1 Å². The number of H-pyrrole nitrogens is 1. The lowest BCUT2D eigenvalue weighted by Gasteiger charge is -2.46. The Hall–Kier alpha value is -3.37. The number of benzene rings is 2. The van der Waals surface area contributed by atoms with Gasteiger partial charge in [0.2, 0.25) is 5.91 Å². The minimum Gasteiger partial charge on any atom is -0.497 e. The molecule has 0 radical (unpaired) electrons. The minimum absolute atomic E-state index is 0.0259. The summed E-state index contributed by atoms with van der Waals surface area (Å²) in [5.41, 5.74) is 2.65. The summed E-state index contributed by atoms with van der Waals surface area (Å²) < 4.78 is 26.5. The van der Waals surface area contributed by atoms with E-state index in [4.69, 9.17) is 9.16 Å². The number of amides is 3. The van der Waals surface area contributed by atoms with Gasteiger partial charge in [0.15, 0.2) is 8.32 Å². The number of hydrogen-bond donors (Lipinski definition) is 2. The van der Waals surface area contributed by atoms with Crippen LogP contribution in [-0.4, -0.2) is 68.4 Å². The molecule has 220 valence electrons. The van der Waals surface area contributed by atoms with Gasteiger partial charge in [-0.25, -0.2) is 9.18 Å². The third kappa shape index (κ3) is 5.23. The molecule has 10 heteroatoms. The molecule has 1 saturated heterocycles. The average molecular weight is 581 g/mol. The second-order valence-corrected chi connectivity index (χ2v) is 17.7. The summed E-state index contributed by atoms with van der Waals surface area (Å²) in [4.78, 5) is 33.8. The fourth-order valence-electron chi connectivity index (χ4n) is 5.96. The molecule has 0 unspecified atom stereocenters. The normalized spacial score (nSPS) is 20.9. The number of halogens is 1. The van der Waals surface area contributed by atoms with Crippen LogP contribution in [-0.2, 0) is 14.6 Å². The monoisotopic (exact) mass is 580 g/mol. The van der Waals surface area contributed by atoms with Gasteiger partial charge in [0.1, 0.15) is 11.6 Å². The fourth-order valence-corrected chi connectivity index (χ4v) is 6.97. The molecule has 2 aliphatic heterocycles. The highest BCUT2D eigenvalue weighted by Gasteiger charge is 2.52. The smallest absolute Gasteiger partial charge is 0.321 e. The van der Waals surface area contributed by atoms with Gasteiger partial charge in [-0.15, -0.1) is 0 Å². The molecule has 1 spiro atoms. The molecule has 3 heterocycles. The maximum absolute atomic E-state index is 14.3. The molecule has 8 nitrogen and oxygen atoms in total. The molecular weight excluding hydrogens is 539 g/mol. The highest BCUT2D eigenvalue weighted by Crippen LogP contribution is 2.49. The first-order valence-corrected chi connectivity index (χ1v) is 17.1. The lowest BCUT2D eigenvalue weighted by atomic mass is 9.73. The first-order valence-electron chi connectivity index (χ1n) is 14.2. The number of para-hydroxylation sites is 1. The Bertz CT molecular complexity index is 1480. The van der Waals surface area contributed by atoms with Crippen LogP contribution in [0.25, 0.3) is 10.9 Å². The second kappa shape index (κ2) is 10.5. The zero-order valence-corrected chi connectivity index (χ0v) is 26.1. The summed E-state index contributed by atoms with van der Waals surface area (Å²) in [5.74, 6) is 0.219. The van der Waals surface area contributed by atoms with Crippen molar-refractivity contribution in [3.05, 3.63) is 59.5 Å². The van der Waals surface area contributed by atoms with Crippen molar-refractivity contribution in [2.24, 2.45) is 0 Å². The number of urea groups is 1. The number of methoxy groups -OCH3 is 1. The number of aromatic nitrogens is 1. The van der Waals surface area contributed by atoms with E-state index < -0.39 is 19.5 Å². The number of nitrogens with one attached hydrogen (secondary N) is 2. The molecule has 1 aromatic heterocycles. The van der Waals surface area contributed by atoms with E-state index in [1.807, 2.05) is 17.0 Å². The highest BCUT2D eigenvalue weighted by molar-refractivity contribution is 6.74. The number of rotatable bonds is 5. The number of ether oxygens (including phenoxy) is 1. The topological polar surface area (TPSA) is 86.9 Å². The Morgan fingerprint density at radius 1 is 1.17 bits per heavy atom. The summed E-state index contributed by atoms with van der Waals surface area (Å²) >= 11 is 0. The van der Waals surface area contributed by atoms with Crippen molar-refractivity contribution in [1.29, 1.82) is 0 Å². The number of likely N-dealkylation sites (tertiary alicyclic amines) is 1. The molecular formula is C31H41FN4O4Si. The third-order valence-corrected chi connectivity index (χ3v) is 13.8. The van der Waals surface area contributed by atoms with E-state index in [2.05, 4.69) is 50.2 Å². The predicted octanol–water partition coefficient (Wildman–Crippen LogP) is 6.42. The van der Waals surface area contributed by atoms with Gasteiger partial charge in [0.25, 0.3) is 0 Å². The maximum atomic E-state index is 14.3. The maximum Gasteiger partial charge on any atom is 0.321 e. The SMILES string of the molecule is COc1ccc2c3c([nH]c2c1)[C@H](CO[Si](C)(C)C(C)(C)C)N(C(C)=O)C[C@]31CCN(C(=O)Nc2ccccc2F)C1. The van der Waals surface area contributed by atoms with Crippen LogP contribution in [0.5, 0.6) is 5.75 Å². The lowest BCUT2D eigenvalue weighted by molar-refractivity contribution is -0.134. The minimum atomic E-state index is -2.10. The van der Waals surface area contributed by atoms with Crippen molar-refractivity contribution >= 4 is 36.8 Å². The van der Waals surface area contributed by atoms with Crippen LogP contribution in [0.4, 0.5) is 14.9 Å². The Morgan fingerprint density at radius 3 is 2.56 bits per heavy atom. The van der Waals surface area contributed by atoms with Crippen molar-refractivity contribution in [2.75, 3.05) is 38.7 Å². The zero-order chi connectivity index (χ0) is 29.7. The number of nitrogens with zero attached hydrogens (tertiary/aromatic N) is 2. The fraction of sp³-hybridized carbons (Fsp3) is 0.484. The average Bonchev–Trinajstić information content (AvgIpc) is 3.51. The summed E-state index contributed by atoms with van der Waals surface area (Å²) in [7, 11) is -0.459. The summed E-state index contributed by atoms with van der Waals surface area (Å²) in [6.45, 7) is 14.4. The van der Waals surface area contributed by atoms with Gasteiger partial charge in [0.05, 0.1) is 25.4 Å². The molecule has 0 bridgehead atoms. The summed E-state index contributed by atoms with van der Waals surface area (Å²) in [6, 6.07) is 11.5. The Kier molecular flexibility index (Phi) is 7.44. The molecule has 41 heavy (non-hydrogen) atoms. The molecule has 3 aromatic rings. The van der Waals surface area contributed by atoms with Crippen molar-refractivity contribution in [3.8, 4) is 5.75 Å². The van der Waals surface area contributed by atoms with E-state index in [1.54, 1.807) is 37.1 Å². The van der Waals surface area contributed by atoms with E-state index >= 15 is 0 Å². The summed E-state index contributed by atoms with van der Waals surface area (Å²) in [6.07, 6.45) is 0.670. The number of aromatic amines is 1. The van der Waals surface area contributed by atoms with Crippen LogP contribution in [0.3, 0.4) is 0 Å². The predicted molar refractivity (Wildman–Crippen MR) is 161 cm³/mol. The Morgan fingerprint density at radius 2 is 1.90 bits per heavy atom. The zero-order valence-electron chi connectivity index (χ0n) is 25.1. The number of fused-ring (bicyclic) bond motifs is 4. The van der Waals surface area contributed by atoms with E-state index in [-0.39, 0.29) is 28.7 Å². The van der Waals surface area contributed by atoms with Gasteiger partial charge in [-0.2, -0.15) is 0 Å². The van der Waals surface area contributed by atoms with Crippen LogP contribution in [0, 0.1) is 5.82 Å². The molecule has 2 aliphatic rings. The molecule has 2 aromatic carbocycles. The first kappa shape index (κ1) is 29.1. The lowest BCUT2D eigenvalue weighted by Crippen LogP contribution is -2.53. The number of anilines is 1. The van der Waals surface area contributed by atoms with E-state index in [1.165, 1.54) is 6.07 Å². The third-order valence-electron chi connectivity index (χ3n) is 9.32. The van der Waals surface area contributed by atoms with Gasteiger partial charge >= 0.3 is 6.03 Å². The van der Waals surface area contributed by atoms with Crippen LogP contribution in [0.2, 0.25) is 18.1 Å². The molecule has 5 rings (SSSR count). The molecule has 2 atom stereocenters. The number of carbonyl (C=O) groups is 2. The number of hydrogen-bond acceptors (Lipinski definition) is 4. The van der Waals surface area contributed by atoms with Gasteiger partial charge in [-0.05, 0) is 54.4 Å². The Balaban J connectivity index is 1.55. The Labute approximate surface area is 242 Å². The van der Waals surface area contributed by atoms with Crippen molar-refractivity contribution in [1.82, 2.24) is 14.8 Å². The molecule has 3 amide bonds. The van der Waals surface area contributed by atoms with Gasteiger partial charge in [-0.3, -0.25) is 4.79 Å². The number of carbonyl (C=O) groups excluding carboxylic acids is 2. The molecule has 0 aliphatic carbocycles. The van der Waals surface area contributed by atoms with Gasteiger partial charge in [-0.1, -0.05) is 32.9 Å².